The number of aliphatic hydroxyl groups is 1. The molecule has 0 aliphatic carbocycles. The third-order valence-electron chi connectivity index (χ3n) is 3.37. The second-order valence-corrected chi connectivity index (χ2v) is 6.71. The summed E-state index contributed by atoms with van der Waals surface area (Å²) in [5.74, 6) is 0.0698. The molecule has 1 aliphatic heterocycles. The van der Waals surface area contributed by atoms with E-state index >= 15 is 0 Å². The van der Waals surface area contributed by atoms with Crippen molar-refractivity contribution in [1.82, 2.24) is 9.80 Å². The summed E-state index contributed by atoms with van der Waals surface area (Å²) >= 11 is 3.42. The Balaban J connectivity index is 1.94. The van der Waals surface area contributed by atoms with Crippen LogP contribution in [0.25, 0.3) is 0 Å². The van der Waals surface area contributed by atoms with Crippen LogP contribution in [0.1, 0.15) is 24.2 Å². The zero-order valence-corrected chi connectivity index (χ0v) is 13.6. The van der Waals surface area contributed by atoms with Gasteiger partial charge in [0.05, 0.1) is 11.2 Å². The highest BCUT2D eigenvalue weighted by Gasteiger charge is 2.26. The molecule has 4 nitrogen and oxygen atoms in total. The molecule has 20 heavy (non-hydrogen) atoms. The first-order valence-electron chi connectivity index (χ1n) is 6.85. The number of β-amino-alcohol motifs (C(OH)–C–C–N with tert-alkyl or cyclic N) is 1. The van der Waals surface area contributed by atoms with Crippen LogP contribution in [0.15, 0.2) is 28.7 Å². The van der Waals surface area contributed by atoms with Crippen LogP contribution >= 0.6 is 15.9 Å². The summed E-state index contributed by atoms with van der Waals surface area (Å²) < 4.78 is 0.837. The lowest BCUT2D eigenvalue weighted by atomic mass is 10.1. The summed E-state index contributed by atoms with van der Waals surface area (Å²) in [5, 5.41) is 9.83. The van der Waals surface area contributed by atoms with Gasteiger partial charge in [0.2, 0.25) is 0 Å². The average molecular weight is 341 g/mol. The number of hydrogen-bond donors (Lipinski definition) is 1. The number of amides is 1. The van der Waals surface area contributed by atoms with Gasteiger partial charge in [0, 0.05) is 37.2 Å². The number of rotatable bonds is 3. The third-order valence-corrected chi connectivity index (χ3v) is 4.07. The van der Waals surface area contributed by atoms with Crippen molar-refractivity contribution in [3.63, 3.8) is 0 Å². The fourth-order valence-corrected chi connectivity index (χ4v) is 2.92. The molecule has 0 spiro atoms. The first kappa shape index (κ1) is 15.5. The Morgan fingerprint density at radius 1 is 1.25 bits per heavy atom. The number of halogens is 1. The molecule has 0 radical (unpaired) electrons. The molecule has 1 heterocycles. The quantitative estimate of drug-likeness (QED) is 0.914. The van der Waals surface area contributed by atoms with E-state index in [9.17, 15) is 9.90 Å². The number of hydrogen-bond acceptors (Lipinski definition) is 3. The molecule has 110 valence electrons. The van der Waals surface area contributed by atoms with Gasteiger partial charge < -0.3 is 10.0 Å². The first-order chi connectivity index (χ1) is 9.37. The van der Waals surface area contributed by atoms with E-state index in [1.165, 1.54) is 0 Å². The molecule has 1 fully saturated rings. The monoisotopic (exact) mass is 340 g/mol. The number of piperazine rings is 1. The average Bonchev–Trinajstić information content (AvgIpc) is 2.37. The zero-order valence-electron chi connectivity index (χ0n) is 12.0. The van der Waals surface area contributed by atoms with Gasteiger partial charge in [0.15, 0.2) is 0 Å². The van der Waals surface area contributed by atoms with Crippen molar-refractivity contribution < 1.29 is 9.90 Å². The molecule has 1 amide bonds. The number of nitrogens with zero attached hydrogens (tertiary/aromatic N) is 2. The van der Waals surface area contributed by atoms with Crippen LogP contribution in [0.4, 0.5) is 0 Å². The maximum absolute atomic E-state index is 12.4. The topological polar surface area (TPSA) is 43.8 Å². The molecule has 0 bridgehead atoms. The minimum atomic E-state index is -0.686. The van der Waals surface area contributed by atoms with Crippen molar-refractivity contribution >= 4 is 21.8 Å². The molecular formula is C15H21BrN2O2. The Morgan fingerprint density at radius 2 is 1.85 bits per heavy atom. The van der Waals surface area contributed by atoms with Gasteiger partial charge in [0.25, 0.3) is 5.91 Å². The van der Waals surface area contributed by atoms with E-state index in [1.54, 1.807) is 0 Å². The second kappa shape index (κ2) is 6.24. The largest absolute Gasteiger partial charge is 0.389 e. The second-order valence-electron chi connectivity index (χ2n) is 5.86. The molecule has 1 aliphatic rings. The van der Waals surface area contributed by atoms with E-state index in [1.807, 2.05) is 43.0 Å². The lowest BCUT2D eigenvalue weighted by Crippen LogP contribution is -2.52. The van der Waals surface area contributed by atoms with Gasteiger partial charge in [-0.25, -0.2) is 0 Å². The summed E-state index contributed by atoms with van der Waals surface area (Å²) in [6.07, 6.45) is 0. The summed E-state index contributed by atoms with van der Waals surface area (Å²) in [7, 11) is 0. The van der Waals surface area contributed by atoms with E-state index in [0.717, 1.165) is 17.6 Å². The van der Waals surface area contributed by atoms with Crippen LogP contribution in [-0.2, 0) is 0 Å². The number of benzene rings is 1. The highest BCUT2D eigenvalue weighted by Crippen LogP contribution is 2.19. The molecular weight excluding hydrogens is 320 g/mol. The van der Waals surface area contributed by atoms with Gasteiger partial charge in [-0.1, -0.05) is 12.1 Å². The zero-order chi connectivity index (χ0) is 14.8. The Hall–Kier alpha value is -0.910. The van der Waals surface area contributed by atoms with Crippen LogP contribution in [0.5, 0.6) is 0 Å². The van der Waals surface area contributed by atoms with Crippen LogP contribution in [0, 0.1) is 0 Å². The van der Waals surface area contributed by atoms with Crippen LogP contribution in [-0.4, -0.2) is 59.1 Å². The van der Waals surface area contributed by atoms with Gasteiger partial charge in [-0.2, -0.15) is 0 Å². The Morgan fingerprint density at radius 3 is 2.40 bits per heavy atom. The van der Waals surface area contributed by atoms with Gasteiger partial charge in [-0.3, -0.25) is 9.69 Å². The van der Waals surface area contributed by atoms with E-state index in [-0.39, 0.29) is 5.91 Å². The Labute approximate surface area is 128 Å². The van der Waals surface area contributed by atoms with Gasteiger partial charge in [0.1, 0.15) is 0 Å². The Bertz CT molecular complexity index is 477. The number of carbonyl (C=O) groups is 1. The lowest BCUT2D eigenvalue weighted by molar-refractivity contribution is 0.0178. The molecule has 0 unspecified atom stereocenters. The van der Waals surface area contributed by atoms with Crippen LogP contribution < -0.4 is 0 Å². The molecule has 5 heteroatoms. The molecule has 0 aromatic heterocycles. The maximum Gasteiger partial charge on any atom is 0.255 e. The van der Waals surface area contributed by atoms with E-state index in [2.05, 4.69) is 20.8 Å². The normalized spacial score (nSPS) is 17.3. The fourth-order valence-electron chi connectivity index (χ4n) is 2.46. The predicted octanol–water partition coefficient (Wildman–Crippen LogP) is 1.98. The molecule has 1 aromatic carbocycles. The van der Waals surface area contributed by atoms with Crippen molar-refractivity contribution in [2.45, 2.75) is 19.4 Å². The Kier molecular flexibility index (Phi) is 4.83. The predicted molar refractivity (Wildman–Crippen MR) is 82.8 cm³/mol. The lowest BCUT2D eigenvalue weighted by Gasteiger charge is -2.37. The molecule has 1 aromatic rings. The SMILES string of the molecule is CC(C)(O)CN1CCN(C(=O)c2ccccc2Br)CC1. The highest BCUT2D eigenvalue weighted by atomic mass is 79.9. The molecule has 0 atom stereocenters. The smallest absolute Gasteiger partial charge is 0.255 e. The maximum atomic E-state index is 12.4. The molecule has 1 N–H and O–H groups in total. The van der Waals surface area contributed by atoms with Gasteiger partial charge >= 0.3 is 0 Å². The van der Waals surface area contributed by atoms with E-state index < -0.39 is 5.60 Å². The van der Waals surface area contributed by atoms with Crippen molar-refractivity contribution in [3.8, 4) is 0 Å². The molecule has 2 rings (SSSR count). The van der Waals surface area contributed by atoms with Crippen molar-refractivity contribution in [1.29, 1.82) is 0 Å². The van der Waals surface area contributed by atoms with Crippen molar-refractivity contribution in [2.75, 3.05) is 32.7 Å². The highest BCUT2D eigenvalue weighted by molar-refractivity contribution is 9.10. The standard InChI is InChI=1S/C15H21BrN2O2/c1-15(2,20)11-17-7-9-18(10-8-17)14(19)12-5-3-4-6-13(12)16/h3-6,20H,7-11H2,1-2H3. The van der Waals surface area contributed by atoms with E-state index in [4.69, 9.17) is 0 Å². The fraction of sp³-hybridized carbons (Fsp3) is 0.533. The summed E-state index contributed by atoms with van der Waals surface area (Å²) in [6.45, 7) is 7.29. The number of carbonyl (C=O) groups excluding carboxylic acids is 1. The van der Waals surface area contributed by atoms with Crippen molar-refractivity contribution in [2.24, 2.45) is 0 Å². The summed E-state index contributed by atoms with van der Waals surface area (Å²) in [6, 6.07) is 7.51. The van der Waals surface area contributed by atoms with Crippen LogP contribution in [0.2, 0.25) is 0 Å². The third kappa shape index (κ3) is 4.04. The van der Waals surface area contributed by atoms with Crippen molar-refractivity contribution in [3.05, 3.63) is 34.3 Å². The van der Waals surface area contributed by atoms with Crippen LogP contribution in [0.3, 0.4) is 0 Å². The minimum Gasteiger partial charge on any atom is -0.389 e. The van der Waals surface area contributed by atoms with Gasteiger partial charge in [-0.05, 0) is 41.9 Å². The first-order valence-corrected chi connectivity index (χ1v) is 7.65. The summed E-state index contributed by atoms with van der Waals surface area (Å²) in [5.41, 5.74) is 0.0256. The van der Waals surface area contributed by atoms with E-state index in [0.29, 0.717) is 25.2 Å². The molecule has 0 saturated carbocycles. The minimum absolute atomic E-state index is 0.0698. The molecule has 1 saturated heterocycles. The van der Waals surface area contributed by atoms with Gasteiger partial charge in [-0.15, -0.1) is 0 Å². The summed E-state index contributed by atoms with van der Waals surface area (Å²) in [4.78, 5) is 16.5.